The average molecular weight is 279 g/mol. The second-order valence-electron chi connectivity index (χ2n) is 3.65. The van der Waals surface area contributed by atoms with E-state index in [9.17, 15) is 23.3 Å². The van der Waals surface area contributed by atoms with Gasteiger partial charge in [0.1, 0.15) is 12.9 Å². The van der Waals surface area contributed by atoms with Crippen LogP contribution < -0.4 is 10.2 Å². The van der Waals surface area contributed by atoms with E-state index in [2.05, 4.69) is 15.3 Å². The Kier molecular flexibility index (Phi) is 4.46. The number of halogens is 3. The van der Waals surface area contributed by atoms with Crippen molar-refractivity contribution in [1.82, 2.24) is 9.97 Å². The van der Waals surface area contributed by atoms with E-state index in [-0.39, 0.29) is 11.6 Å². The lowest BCUT2D eigenvalue weighted by Crippen LogP contribution is -2.32. The molecule has 0 amide bonds. The molecule has 0 aliphatic rings. The van der Waals surface area contributed by atoms with Crippen LogP contribution in [0.4, 0.5) is 30.5 Å². The molecule has 0 aliphatic heterocycles. The van der Waals surface area contributed by atoms with Crippen LogP contribution in [0.15, 0.2) is 6.33 Å². The molecule has 0 saturated heterocycles. The van der Waals surface area contributed by atoms with Crippen LogP contribution in [-0.2, 0) is 0 Å². The van der Waals surface area contributed by atoms with Crippen LogP contribution in [0.3, 0.4) is 0 Å². The summed E-state index contributed by atoms with van der Waals surface area (Å²) in [6.45, 7) is 0.696. The Morgan fingerprint density at radius 3 is 2.58 bits per heavy atom. The zero-order valence-corrected chi connectivity index (χ0v) is 10.2. The first-order valence-corrected chi connectivity index (χ1v) is 5.27. The zero-order chi connectivity index (χ0) is 14.6. The molecule has 0 fully saturated rings. The second-order valence-corrected chi connectivity index (χ2v) is 3.65. The van der Waals surface area contributed by atoms with E-state index >= 15 is 0 Å². The molecular formula is C9H12F3N5O2. The minimum absolute atomic E-state index is 0.105. The van der Waals surface area contributed by atoms with Crippen LogP contribution in [0.2, 0.25) is 0 Å². The summed E-state index contributed by atoms with van der Waals surface area (Å²) in [6, 6.07) is 0. The van der Waals surface area contributed by atoms with Crippen LogP contribution in [0, 0.1) is 10.1 Å². The Hall–Kier alpha value is -2.13. The first-order chi connectivity index (χ1) is 8.76. The summed E-state index contributed by atoms with van der Waals surface area (Å²) < 4.78 is 36.9. The summed E-state index contributed by atoms with van der Waals surface area (Å²) in [7, 11) is 1.08. The van der Waals surface area contributed by atoms with Crippen molar-refractivity contribution in [2.24, 2.45) is 0 Å². The molecule has 0 saturated carbocycles. The molecule has 19 heavy (non-hydrogen) atoms. The zero-order valence-electron chi connectivity index (χ0n) is 10.2. The highest BCUT2D eigenvalue weighted by Crippen LogP contribution is 2.32. The average Bonchev–Trinajstić information content (AvgIpc) is 2.26. The number of nitrogens with one attached hydrogen (secondary N) is 1. The normalized spacial score (nSPS) is 11.2. The third kappa shape index (κ3) is 3.93. The fraction of sp³-hybridized carbons (Fsp3) is 0.556. The van der Waals surface area contributed by atoms with E-state index in [0.29, 0.717) is 11.4 Å². The molecule has 1 rings (SSSR count). The van der Waals surface area contributed by atoms with Gasteiger partial charge in [0.25, 0.3) is 0 Å². The Morgan fingerprint density at radius 2 is 2.11 bits per heavy atom. The quantitative estimate of drug-likeness (QED) is 0.653. The van der Waals surface area contributed by atoms with Gasteiger partial charge >= 0.3 is 11.9 Å². The molecule has 0 unspecified atom stereocenters. The number of rotatable bonds is 5. The molecule has 0 atom stereocenters. The number of hydrogen-bond donors (Lipinski definition) is 1. The van der Waals surface area contributed by atoms with E-state index in [4.69, 9.17) is 0 Å². The van der Waals surface area contributed by atoms with Crippen molar-refractivity contribution in [2.75, 3.05) is 30.4 Å². The number of nitrogens with zero attached hydrogens (tertiary/aromatic N) is 4. The van der Waals surface area contributed by atoms with Crippen molar-refractivity contribution in [2.45, 2.75) is 13.1 Å². The second kappa shape index (κ2) is 5.67. The highest BCUT2D eigenvalue weighted by molar-refractivity contribution is 5.70. The molecule has 0 aliphatic carbocycles. The number of hydrogen-bond acceptors (Lipinski definition) is 6. The maximum atomic E-state index is 12.3. The Labute approximate surface area is 106 Å². The Bertz CT molecular complexity index is 466. The van der Waals surface area contributed by atoms with Gasteiger partial charge in [-0.2, -0.15) is 13.2 Å². The molecule has 7 nitrogen and oxygen atoms in total. The SMILES string of the molecule is CCNc1ncnc(N(C)CC(F)(F)F)c1[N+](=O)[O-]. The molecule has 0 aromatic carbocycles. The minimum atomic E-state index is -4.48. The van der Waals surface area contributed by atoms with Gasteiger partial charge in [-0.05, 0) is 6.92 Å². The molecule has 0 spiro atoms. The summed E-state index contributed by atoms with van der Waals surface area (Å²) in [6.07, 6.45) is -3.50. The largest absolute Gasteiger partial charge is 0.405 e. The van der Waals surface area contributed by atoms with Crippen LogP contribution in [0.25, 0.3) is 0 Å². The number of nitro groups is 1. The summed E-state index contributed by atoms with van der Waals surface area (Å²) in [5.74, 6) is -0.486. The third-order valence-corrected chi connectivity index (χ3v) is 2.11. The molecule has 1 N–H and O–H groups in total. The highest BCUT2D eigenvalue weighted by Gasteiger charge is 2.33. The number of aromatic nitrogens is 2. The maximum absolute atomic E-state index is 12.3. The van der Waals surface area contributed by atoms with Crippen molar-refractivity contribution >= 4 is 17.3 Å². The van der Waals surface area contributed by atoms with Gasteiger partial charge in [0.2, 0.25) is 11.6 Å². The predicted octanol–water partition coefficient (Wildman–Crippen LogP) is 1.82. The fourth-order valence-corrected chi connectivity index (χ4v) is 1.46. The summed E-state index contributed by atoms with van der Waals surface area (Å²) in [5, 5.41) is 13.6. The topological polar surface area (TPSA) is 84.2 Å². The predicted molar refractivity (Wildman–Crippen MR) is 62.2 cm³/mol. The van der Waals surface area contributed by atoms with E-state index in [0.717, 1.165) is 13.4 Å². The molecule has 1 heterocycles. The standard InChI is InChI=1S/C9H12F3N5O2/c1-3-13-7-6(17(18)19)8(15-5-14-7)16(2)4-9(10,11)12/h5H,3-4H2,1-2H3,(H,13,14,15). The van der Waals surface area contributed by atoms with Crippen molar-refractivity contribution in [3.05, 3.63) is 16.4 Å². The first-order valence-electron chi connectivity index (χ1n) is 5.27. The molecule has 10 heteroatoms. The monoisotopic (exact) mass is 279 g/mol. The van der Waals surface area contributed by atoms with Gasteiger partial charge < -0.3 is 10.2 Å². The molecule has 1 aromatic rings. The van der Waals surface area contributed by atoms with Crippen molar-refractivity contribution in [3.8, 4) is 0 Å². The van der Waals surface area contributed by atoms with E-state index in [1.165, 1.54) is 0 Å². The van der Waals surface area contributed by atoms with Gasteiger partial charge in [0, 0.05) is 13.6 Å². The van der Waals surface area contributed by atoms with Gasteiger partial charge in [-0.3, -0.25) is 10.1 Å². The van der Waals surface area contributed by atoms with Crippen molar-refractivity contribution in [3.63, 3.8) is 0 Å². The van der Waals surface area contributed by atoms with E-state index in [1.54, 1.807) is 6.92 Å². The third-order valence-electron chi connectivity index (χ3n) is 2.11. The molecule has 1 aromatic heterocycles. The molecule has 0 radical (unpaired) electrons. The van der Waals surface area contributed by atoms with Crippen LogP contribution in [0.1, 0.15) is 6.92 Å². The van der Waals surface area contributed by atoms with Crippen molar-refractivity contribution < 1.29 is 18.1 Å². The van der Waals surface area contributed by atoms with Gasteiger partial charge in [-0.25, -0.2) is 9.97 Å². The Balaban J connectivity index is 3.19. The lowest BCUT2D eigenvalue weighted by Gasteiger charge is -2.20. The molecule has 0 bridgehead atoms. The lowest BCUT2D eigenvalue weighted by molar-refractivity contribution is -0.383. The van der Waals surface area contributed by atoms with Gasteiger partial charge in [0.05, 0.1) is 4.92 Å². The van der Waals surface area contributed by atoms with Gasteiger partial charge in [0.15, 0.2) is 0 Å². The van der Waals surface area contributed by atoms with Crippen LogP contribution in [-0.4, -0.2) is 41.2 Å². The highest BCUT2D eigenvalue weighted by atomic mass is 19.4. The summed E-state index contributed by atoms with van der Waals surface area (Å²) in [4.78, 5) is 18.0. The maximum Gasteiger partial charge on any atom is 0.405 e. The minimum Gasteiger partial charge on any atom is -0.364 e. The van der Waals surface area contributed by atoms with E-state index in [1.807, 2.05) is 0 Å². The van der Waals surface area contributed by atoms with Crippen LogP contribution >= 0.6 is 0 Å². The Morgan fingerprint density at radius 1 is 1.47 bits per heavy atom. The number of anilines is 2. The summed E-state index contributed by atoms with van der Waals surface area (Å²) in [5.41, 5.74) is -0.573. The smallest absolute Gasteiger partial charge is 0.364 e. The number of alkyl halides is 3. The first kappa shape index (κ1) is 14.9. The molecule has 106 valence electrons. The molecular weight excluding hydrogens is 267 g/mol. The summed E-state index contributed by atoms with van der Waals surface area (Å²) >= 11 is 0. The van der Waals surface area contributed by atoms with Gasteiger partial charge in [-0.15, -0.1) is 0 Å². The van der Waals surface area contributed by atoms with E-state index < -0.39 is 23.3 Å². The fourth-order valence-electron chi connectivity index (χ4n) is 1.46. The van der Waals surface area contributed by atoms with Gasteiger partial charge in [-0.1, -0.05) is 0 Å². The lowest BCUT2D eigenvalue weighted by atomic mass is 10.4. The van der Waals surface area contributed by atoms with Crippen LogP contribution in [0.5, 0.6) is 0 Å². The van der Waals surface area contributed by atoms with Crippen molar-refractivity contribution in [1.29, 1.82) is 0 Å².